The Balaban J connectivity index is 2.40. The Morgan fingerprint density at radius 2 is 1.70 bits per heavy atom. The Bertz CT molecular complexity index is 822. The van der Waals surface area contributed by atoms with E-state index in [1.54, 1.807) is 18.2 Å². The van der Waals surface area contributed by atoms with E-state index >= 15 is 0 Å². The molecule has 0 aliphatic heterocycles. The Labute approximate surface area is 131 Å². The van der Waals surface area contributed by atoms with E-state index in [4.69, 9.17) is 4.74 Å². The number of benzene rings is 2. The standard InChI is InChI=1S/C15H13F2NO4S/c1-22-12-8-4-2-6-10(12)14(19)18-11-7-3-5-9-13(11)23(20,21)15(16)17/h2-9,15H,1H3,(H,18,19). The first-order chi connectivity index (χ1) is 10.9. The van der Waals surface area contributed by atoms with Crippen LogP contribution in [0, 0.1) is 0 Å². The highest BCUT2D eigenvalue weighted by atomic mass is 32.2. The maximum atomic E-state index is 12.7. The second-order valence-electron chi connectivity index (χ2n) is 4.46. The zero-order valence-corrected chi connectivity index (χ0v) is 12.8. The molecule has 2 aromatic carbocycles. The lowest BCUT2D eigenvalue weighted by Crippen LogP contribution is -2.18. The first kappa shape index (κ1) is 16.9. The zero-order chi connectivity index (χ0) is 17.0. The molecule has 2 aromatic rings. The van der Waals surface area contributed by atoms with Gasteiger partial charge in [-0.25, -0.2) is 8.42 Å². The lowest BCUT2D eigenvalue weighted by Gasteiger charge is -2.12. The van der Waals surface area contributed by atoms with E-state index in [0.717, 1.165) is 6.07 Å². The highest BCUT2D eigenvalue weighted by Gasteiger charge is 2.29. The lowest BCUT2D eigenvalue weighted by atomic mass is 10.2. The Morgan fingerprint density at radius 1 is 1.09 bits per heavy atom. The fourth-order valence-electron chi connectivity index (χ4n) is 1.94. The molecule has 8 heteroatoms. The van der Waals surface area contributed by atoms with Gasteiger partial charge in [0.25, 0.3) is 5.91 Å². The number of halogens is 2. The van der Waals surface area contributed by atoms with Gasteiger partial charge in [0.2, 0.25) is 9.84 Å². The average molecular weight is 341 g/mol. The minimum atomic E-state index is -4.83. The summed E-state index contributed by atoms with van der Waals surface area (Å²) in [5, 5.41) is 2.33. The van der Waals surface area contributed by atoms with Crippen molar-refractivity contribution < 1.29 is 26.7 Å². The van der Waals surface area contributed by atoms with Gasteiger partial charge in [0.15, 0.2) is 0 Å². The van der Waals surface area contributed by atoms with Crippen LogP contribution in [0.15, 0.2) is 53.4 Å². The number of para-hydroxylation sites is 2. The summed E-state index contributed by atoms with van der Waals surface area (Å²) in [6.07, 6.45) is 0. The molecule has 0 spiro atoms. The van der Waals surface area contributed by atoms with Gasteiger partial charge < -0.3 is 10.1 Å². The SMILES string of the molecule is COc1ccccc1C(=O)Nc1ccccc1S(=O)(=O)C(F)F. The molecule has 0 aromatic heterocycles. The van der Waals surface area contributed by atoms with Crippen LogP contribution in [0.5, 0.6) is 5.75 Å². The summed E-state index contributed by atoms with van der Waals surface area (Å²) in [5.41, 5.74) is -0.0667. The molecule has 0 aliphatic rings. The third kappa shape index (κ3) is 3.48. The normalized spacial score (nSPS) is 11.3. The van der Waals surface area contributed by atoms with Gasteiger partial charge in [-0.2, -0.15) is 8.78 Å². The van der Waals surface area contributed by atoms with Gasteiger partial charge in [0, 0.05) is 0 Å². The van der Waals surface area contributed by atoms with Crippen molar-refractivity contribution in [2.24, 2.45) is 0 Å². The topological polar surface area (TPSA) is 72.5 Å². The van der Waals surface area contributed by atoms with Gasteiger partial charge in [-0.05, 0) is 24.3 Å². The van der Waals surface area contributed by atoms with Gasteiger partial charge in [0.1, 0.15) is 5.75 Å². The van der Waals surface area contributed by atoms with Crippen molar-refractivity contribution in [2.75, 3.05) is 12.4 Å². The third-order valence-electron chi connectivity index (χ3n) is 3.03. The van der Waals surface area contributed by atoms with Crippen LogP contribution in [-0.4, -0.2) is 27.2 Å². The van der Waals surface area contributed by atoms with Crippen LogP contribution in [-0.2, 0) is 9.84 Å². The number of nitrogens with one attached hydrogen (secondary N) is 1. The Morgan fingerprint density at radius 3 is 2.35 bits per heavy atom. The Hall–Kier alpha value is -2.48. The zero-order valence-electron chi connectivity index (χ0n) is 12.0. The summed E-state index contributed by atoms with van der Waals surface area (Å²) < 4.78 is 53.9. The van der Waals surface area contributed by atoms with E-state index in [1.165, 1.54) is 31.4 Å². The molecule has 0 heterocycles. The maximum Gasteiger partial charge on any atom is 0.341 e. The van der Waals surface area contributed by atoms with Crippen LogP contribution in [0.4, 0.5) is 14.5 Å². The Kier molecular flexibility index (Phi) is 4.95. The van der Waals surface area contributed by atoms with E-state index in [9.17, 15) is 22.0 Å². The molecule has 0 unspecified atom stereocenters. The maximum absolute atomic E-state index is 12.7. The van der Waals surface area contributed by atoms with Crippen LogP contribution < -0.4 is 10.1 Å². The fourth-order valence-corrected chi connectivity index (χ4v) is 2.82. The molecule has 0 aliphatic carbocycles. The number of rotatable bonds is 5. The van der Waals surface area contributed by atoms with Gasteiger partial charge in [-0.3, -0.25) is 4.79 Å². The lowest BCUT2D eigenvalue weighted by molar-refractivity contribution is 0.102. The number of methoxy groups -OCH3 is 1. The second kappa shape index (κ2) is 6.74. The fraction of sp³-hybridized carbons (Fsp3) is 0.133. The predicted molar refractivity (Wildman–Crippen MR) is 80.6 cm³/mol. The van der Waals surface area contributed by atoms with Gasteiger partial charge >= 0.3 is 5.76 Å². The first-order valence-electron chi connectivity index (χ1n) is 6.43. The number of sulfone groups is 1. The highest BCUT2D eigenvalue weighted by molar-refractivity contribution is 7.91. The van der Waals surface area contributed by atoms with Crippen molar-refractivity contribution in [2.45, 2.75) is 10.7 Å². The molecule has 0 atom stereocenters. The average Bonchev–Trinajstić information content (AvgIpc) is 2.55. The quantitative estimate of drug-likeness (QED) is 0.907. The molecule has 23 heavy (non-hydrogen) atoms. The largest absolute Gasteiger partial charge is 0.496 e. The number of amides is 1. The summed E-state index contributed by atoms with van der Waals surface area (Å²) in [6.45, 7) is 0. The van der Waals surface area contributed by atoms with Crippen LogP contribution in [0.2, 0.25) is 0 Å². The number of carbonyl (C=O) groups is 1. The van der Waals surface area contributed by atoms with Crippen molar-refractivity contribution in [3.63, 3.8) is 0 Å². The molecular formula is C15H13F2NO4S. The molecule has 0 bridgehead atoms. The molecule has 122 valence electrons. The molecule has 1 amide bonds. The van der Waals surface area contributed by atoms with Crippen molar-refractivity contribution in [3.8, 4) is 5.75 Å². The monoisotopic (exact) mass is 341 g/mol. The third-order valence-corrected chi connectivity index (χ3v) is 4.47. The molecule has 0 saturated carbocycles. The molecule has 0 saturated heterocycles. The molecule has 5 nitrogen and oxygen atoms in total. The summed E-state index contributed by atoms with van der Waals surface area (Å²) in [7, 11) is -3.45. The molecular weight excluding hydrogens is 328 g/mol. The minimum absolute atomic E-state index is 0.152. The first-order valence-corrected chi connectivity index (χ1v) is 7.98. The van der Waals surface area contributed by atoms with E-state index < -0.39 is 26.4 Å². The summed E-state index contributed by atoms with van der Waals surface area (Å²) in [6, 6.07) is 11.3. The minimum Gasteiger partial charge on any atom is -0.496 e. The molecule has 2 rings (SSSR count). The van der Waals surface area contributed by atoms with Gasteiger partial charge in [-0.1, -0.05) is 24.3 Å². The van der Waals surface area contributed by atoms with Crippen LogP contribution >= 0.6 is 0 Å². The summed E-state index contributed by atoms with van der Waals surface area (Å²) in [5.74, 6) is -3.97. The number of anilines is 1. The van der Waals surface area contributed by atoms with Crippen LogP contribution in [0.3, 0.4) is 0 Å². The van der Waals surface area contributed by atoms with Crippen molar-refractivity contribution >= 4 is 21.4 Å². The van der Waals surface area contributed by atoms with E-state index in [1.807, 2.05) is 0 Å². The smallest absolute Gasteiger partial charge is 0.341 e. The number of carbonyl (C=O) groups excluding carboxylic acids is 1. The van der Waals surface area contributed by atoms with Crippen molar-refractivity contribution in [1.82, 2.24) is 0 Å². The second-order valence-corrected chi connectivity index (χ2v) is 6.34. The number of alkyl halides is 2. The van der Waals surface area contributed by atoms with E-state index in [0.29, 0.717) is 0 Å². The van der Waals surface area contributed by atoms with Gasteiger partial charge in [-0.15, -0.1) is 0 Å². The summed E-state index contributed by atoms with van der Waals surface area (Å²) in [4.78, 5) is 11.6. The van der Waals surface area contributed by atoms with Gasteiger partial charge in [0.05, 0.1) is 23.3 Å². The van der Waals surface area contributed by atoms with Crippen LogP contribution in [0.25, 0.3) is 0 Å². The highest BCUT2D eigenvalue weighted by Crippen LogP contribution is 2.27. The van der Waals surface area contributed by atoms with Crippen LogP contribution in [0.1, 0.15) is 10.4 Å². The molecule has 0 fully saturated rings. The predicted octanol–water partition coefficient (Wildman–Crippen LogP) is 2.94. The number of hydrogen-bond donors (Lipinski definition) is 1. The van der Waals surface area contributed by atoms with E-state index in [-0.39, 0.29) is 17.0 Å². The number of ether oxygens (including phenoxy) is 1. The van der Waals surface area contributed by atoms with Crippen molar-refractivity contribution in [1.29, 1.82) is 0 Å². The van der Waals surface area contributed by atoms with E-state index in [2.05, 4.69) is 5.32 Å². The molecule has 0 radical (unpaired) electrons. The number of hydrogen-bond acceptors (Lipinski definition) is 4. The molecule has 1 N–H and O–H groups in total. The summed E-state index contributed by atoms with van der Waals surface area (Å²) >= 11 is 0. The van der Waals surface area contributed by atoms with Crippen molar-refractivity contribution in [3.05, 3.63) is 54.1 Å².